The molecule has 0 spiro atoms. The zero-order valence-electron chi connectivity index (χ0n) is 9.67. The van der Waals surface area contributed by atoms with Crippen LogP contribution in [0.2, 0.25) is 0 Å². The Kier molecular flexibility index (Phi) is 4.21. The summed E-state index contributed by atoms with van der Waals surface area (Å²) in [5, 5.41) is 0. The predicted octanol–water partition coefficient (Wildman–Crippen LogP) is 3.29. The third kappa shape index (κ3) is 2.41. The van der Waals surface area contributed by atoms with E-state index >= 15 is 0 Å². The Morgan fingerprint density at radius 2 is 2.06 bits per heavy atom. The molecule has 1 aromatic rings. The summed E-state index contributed by atoms with van der Waals surface area (Å²) in [6, 6.07) is 6.83. The van der Waals surface area contributed by atoms with Crippen LogP contribution in [0.1, 0.15) is 42.9 Å². The molecule has 0 saturated heterocycles. The van der Waals surface area contributed by atoms with Crippen LogP contribution in [0.25, 0.3) is 0 Å². The van der Waals surface area contributed by atoms with Gasteiger partial charge in [0.1, 0.15) is 0 Å². The van der Waals surface area contributed by atoms with Crippen LogP contribution in [-0.2, 0) is 0 Å². The van der Waals surface area contributed by atoms with Crippen LogP contribution >= 0.6 is 22.6 Å². The second-order valence-electron chi connectivity index (χ2n) is 4.67. The first-order chi connectivity index (χ1) is 7.74. The minimum atomic E-state index is 0.328. The van der Waals surface area contributed by atoms with Crippen LogP contribution in [0, 0.1) is 16.4 Å². The summed E-state index contributed by atoms with van der Waals surface area (Å²) < 4.78 is 1.36. The Bertz CT molecular complexity index is 359. The molecule has 1 unspecified atom stereocenters. The summed E-state index contributed by atoms with van der Waals surface area (Å²) in [5.74, 6) is 6.46. The monoisotopic (exact) mass is 330 g/mol. The molecule has 88 valence electrons. The number of halogens is 1. The Balaban J connectivity index is 2.28. The molecule has 2 nitrogen and oxygen atoms in total. The highest BCUT2D eigenvalue weighted by atomic mass is 127. The van der Waals surface area contributed by atoms with Gasteiger partial charge in [0.2, 0.25) is 0 Å². The van der Waals surface area contributed by atoms with E-state index in [1.807, 2.05) is 0 Å². The van der Waals surface area contributed by atoms with Gasteiger partial charge in [-0.25, -0.2) is 0 Å². The molecule has 1 atom stereocenters. The Morgan fingerprint density at radius 3 is 2.69 bits per heavy atom. The third-order valence-electron chi connectivity index (χ3n) is 3.61. The lowest BCUT2D eigenvalue weighted by Crippen LogP contribution is -2.33. The van der Waals surface area contributed by atoms with Crippen molar-refractivity contribution in [3.8, 4) is 0 Å². The summed E-state index contributed by atoms with van der Waals surface area (Å²) in [6.45, 7) is 2.16. The van der Waals surface area contributed by atoms with Crippen molar-refractivity contribution in [3.63, 3.8) is 0 Å². The Hall–Kier alpha value is -0.130. The van der Waals surface area contributed by atoms with Gasteiger partial charge in [0.05, 0.1) is 0 Å². The molecule has 0 heterocycles. The summed E-state index contributed by atoms with van der Waals surface area (Å²) in [7, 11) is 0. The van der Waals surface area contributed by atoms with E-state index in [1.165, 1.54) is 40.4 Å². The normalized spacial score (nSPS) is 18.9. The molecule has 0 aromatic heterocycles. The summed E-state index contributed by atoms with van der Waals surface area (Å²) in [4.78, 5) is 0. The molecule has 0 radical (unpaired) electrons. The van der Waals surface area contributed by atoms with E-state index in [9.17, 15) is 0 Å². The fourth-order valence-corrected chi connectivity index (χ4v) is 3.38. The predicted molar refractivity (Wildman–Crippen MR) is 75.9 cm³/mol. The molecular weight excluding hydrogens is 311 g/mol. The van der Waals surface area contributed by atoms with Gasteiger partial charge in [-0.15, -0.1) is 0 Å². The number of benzene rings is 1. The third-order valence-corrected chi connectivity index (χ3v) is 5.08. The average Bonchev–Trinajstić information content (AvgIpc) is 2.79. The first-order valence-corrected chi connectivity index (χ1v) is 7.03. The van der Waals surface area contributed by atoms with Gasteiger partial charge in [0.25, 0.3) is 0 Å². The van der Waals surface area contributed by atoms with E-state index in [0.29, 0.717) is 12.0 Å². The van der Waals surface area contributed by atoms with E-state index < -0.39 is 0 Å². The Morgan fingerprint density at radius 1 is 1.38 bits per heavy atom. The molecule has 1 aromatic carbocycles. The average molecular weight is 330 g/mol. The number of nitrogens with two attached hydrogens (primary N) is 1. The van der Waals surface area contributed by atoms with Crippen molar-refractivity contribution < 1.29 is 0 Å². The van der Waals surface area contributed by atoms with E-state index in [4.69, 9.17) is 5.84 Å². The summed E-state index contributed by atoms with van der Waals surface area (Å²) in [6.07, 6.45) is 5.31. The van der Waals surface area contributed by atoms with Crippen LogP contribution in [0.3, 0.4) is 0 Å². The van der Waals surface area contributed by atoms with Crippen molar-refractivity contribution in [2.75, 3.05) is 0 Å². The molecule has 3 heteroatoms. The van der Waals surface area contributed by atoms with Crippen LogP contribution in [0.5, 0.6) is 0 Å². The van der Waals surface area contributed by atoms with E-state index in [2.05, 4.69) is 53.1 Å². The van der Waals surface area contributed by atoms with Crippen molar-refractivity contribution in [2.45, 2.75) is 38.6 Å². The SMILES string of the molecule is Cc1cccc(C(NN)C2CCCC2)c1I. The molecule has 16 heavy (non-hydrogen) atoms. The van der Waals surface area contributed by atoms with Gasteiger partial charge in [-0.1, -0.05) is 31.0 Å². The van der Waals surface area contributed by atoms with Crippen molar-refractivity contribution in [1.29, 1.82) is 0 Å². The topological polar surface area (TPSA) is 38.0 Å². The van der Waals surface area contributed by atoms with Gasteiger partial charge in [-0.3, -0.25) is 11.3 Å². The molecule has 2 rings (SSSR count). The molecule has 0 bridgehead atoms. The van der Waals surface area contributed by atoms with Crippen LogP contribution in [0.4, 0.5) is 0 Å². The second-order valence-corrected chi connectivity index (χ2v) is 5.75. The quantitative estimate of drug-likeness (QED) is 0.507. The summed E-state index contributed by atoms with van der Waals surface area (Å²) >= 11 is 2.43. The van der Waals surface area contributed by atoms with Crippen LogP contribution in [-0.4, -0.2) is 0 Å². The van der Waals surface area contributed by atoms with Crippen LogP contribution in [0.15, 0.2) is 18.2 Å². The highest BCUT2D eigenvalue weighted by Gasteiger charge is 2.26. The van der Waals surface area contributed by atoms with Gasteiger partial charge < -0.3 is 0 Å². The highest BCUT2D eigenvalue weighted by molar-refractivity contribution is 14.1. The summed E-state index contributed by atoms with van der Waals surface area (Å²) in [5.41, 5.74) is 5.74. The molecule has 1 aliphatic carbocycles. The fourth-order valence-electron chi connectivity index (χ4n) is 2.68. The lowest BCUT2D eigenvalue weighted by atomic mass is 9.91. The lowest BCUT2D eigenvalue weighted by molar-refractivity contribution is 0.372. The van der Waals surface area contributed by atoms with Gasteiger partial charge in [0, 0.05) is 9.61 Å². The van der Waals surface area contributed by atoms with Gasteiger partial charge in [-0.2, -0.15) is 0 Å². The lowest BCUT2D eigenvalue weighted by Gasteiger charge is -2.24. The maximum atomic E-state index is 5.75. The second kappa shape index (κ2) is 5.47. The van der Waals surface area contributed by atoms with Crippen molar-refractivity contribution >= 4 is 22.6 Å². The van der Waals surface area contributed by atoms with E-state index in [-0.39, 0.29) is 0 Å². The van der Waals surface area contributed by atoms with Gasteiger partial charge in [0.15, 0.2) is 0 Å². The number of hydrogen-bond acceptors (Lipinski definition) is 2. The number of hydrogen-bond donors (Lipinski definition) is 2. The standard InChI is InChI=1S/C13H19IN2/c1-9-5-4-8-11(12(9)14)13(16-15)10-6-2-3-7-10/h4-5,8,10,13,16H,2-3,6-7,15H2,1H3. The maximum Gasteiger partial charge on any atom is 0.0498 e. The number of rotatable bonds is 3. The van der Waals surface area contributed by atoms with E-state index in [1.54, 1.807) is 0 Å². The molecule has 3 N–H and O–H groups in total. The largest absolute Gasteiger partial charge is 0.271 e. The zero-order chi connectivity index (χ0) is 11.5. The maximum absolute atomic E-state index is 5.75. The number of nitrogens with one attached hydrogen (secondary N) is 1. The molecular formula is C13H19IN2. The minimum Gasteiger partial charge on any atom is -0.271 e. The number of aryl methyl sites for hydroxylation is 1. The minimum absolute atomic E-state index is 0.328. The van der Waals surface area contributed by atoms with Crippen molar-refractivity contribution in [2.24, 2.45) is 11.8 Å². The molecule has 1 aliphatic rings. The van der Waals surface area contributed by atoms with Crippen molar-refractivity contribution in [3.05, 3.63) is 32.9 Å². The fraction of sp³-hybridized carbons (Fsp3) is 0.538. The van der Waals surface area contributed by atoms with E-state index in [0.717, 1.165) is 0 Å². The number of hydrazine groups is 1. The zero-order valence-corrected chi connectivity index (χ0v) is 11.8. The highest BCUT2D eigenvalue weighted by Crippen LogP contribution is 2.37. The van der Waals surface area contributed by atoms with Crippen LogP contribution < -0.4 is 11.3 Å². The smallest absolute Gasteiger partial charge is 0.0498 e. The molecule has 1 saturated carbocycles. The van der Waals surface area contributed by atoms with Gasteiger partial charge >= 0.3 is 0 Å². The first kappa shape index (κ1) is 12.3. The molecule has 1 fully saturated rings. The first-order valence-electron chi connectivity index (χ1n) is 5.95. The molecule has 0 aliphatic heterocycles. The van der Waals surface area contributed by atoms with Crippen molar-refractivity contribution in [1.82, 2.24) is 5.43 Å². The Labute approximate surface area is 111 Å². The van der Waals surface area contributed by atoms with Gasteiger partial charge in [-0.05, 0) is 59.4 Å². The molecule has 0 amide bonds.